The van der Waals surface area contributed by atoms with Gasteiger partial charge in [0.15, 0.2) is 0 Å². The van der Waals surface area contributed by atoms with Crippen molar-refractivity contribution in [3.05, 3.63) is 41.2 Å². The number of rotatable bonds is 2. The van der Waals surface area contributed by atoms with Crippen molar-refractivity contribution in [1.82, 2.24) is 0 Å². The van der Waals surface area contributed by atoms with Gasteiger partial charge in [0.25, 0.3) is 0 Å². The Morgan fingerprint density at radius 3 is 2.41 bits per heavy atom. The lowest BCUT2D eigenvalue weighted by molar-refractivity contribution is -0.152. The number of nitrogens with one attached hydrogen (secondary N) is 1. The molecule has 6 atom stereocenters. The average Bonchev–Trinajstić information content (AvgIpc) is 3.15. The van der Waals surface area contributed by atoms with Crippen molar-refractivity contribution in [3.63, 3.8) is 0 Å². The van der Waals surface area contributed by atoms with E-state index < -0.39 is 46.4 Å². The van der Waals surface area contributed by atoms with Crippen LogP contribution in [0.25, 0.3) is 0 Å². The Balaban J connectivity index is 1.40. The molecule has 2 saturated carbocycles. The van der Waals surface area contributed by atoms with Crippen LogP contribution in [0.2, 0.25) is 0 Å². The minimum Gasteiger partial charge on any atom is -0.431 e. The van der Waals surface area contributed by atoms with Crippen molar-refractivity contribution in [2.45, 2.75) is 71.1 Å². The number of alkyl halides is 6. The minimum atomic E-state index is -4.92. The van der Waals surface area contributed by atoms with Crippen LogP contribution < -0.4 is 5.32 Å². The van der Waals surface area contributed by atoms with Gasteiger partial charge >= 0.3 is 18.3 Å². The molecule has 1 aromatic carbocycles. The van der Waals surface area contributed by atoms with Gasteiger partial charge in [-0.25, -0.2) is 0 Å². The molecule has 0 radical (unpaired) electrons. The summed E-state index contributed by atoms with van der Waals surface area (Å²) < 4.78 is 85.9. The first-order valence-corrected chi connectivity index (χ1v) is 12.7. The summed E-state index contributed by atoms with van der Waals surface area (Å²) in [6, 6.07) is 1.11. The molecule has 0 bridgehead atoms. The lowest BCUT2D eigenvalue weighted by Gasteiger charge is -2.56. The monoisotopic (exact) mass is 529 g/mol. The van der Waals surface area contributed by atoms with Gasteiger partial charge in [0.2, 0.25) is 5.91 Å². The normalized spacial score (nSPS) is 35.6. The zero-order valence-corrected chi connectivity index (χ0v) is 20.6. The quantitative estimate of drug-likeness (QED) is 0.322. The predicted octanol–water partition coefficient (Wildman–Crippen LogP) is 7.35. The topological polar surface area (TPSA) is 55.4 Å². The Hall–Kier alpha value is -2.52. The highest BCUT2D eigenvalue weighted by molar-refractivity contribution is 5.94. The summed E-state index contributed by atoms with van der Waals surface area (Å²) in [6.45, 7) is 4.11. The molecule has 0 spiro atoms. The molecular formula is C27H29F6NO3. The maximum atomic E-state index is 13.6. The van der Waals surface area contributed by atoms with Crippen molar-refractivity contribution in [2.75, 3.05) is 5.32 Å². The van der Waals surface area contributed by atoms with Crippen molar-refractivity contribution in [3.8, 4) is 0 Å². The molecular weight excluding hydrogens is 500 g/mol. The maximum Gasteiger partial charge on any atom is 0.418 e. The molecule has 3 fully saturated rings. The van der Waals surface area contributed by atoms with Crippen LogP contribution in [-0.2, 0) is 26.7 Å². The van der Waals surface area contributed by atoms with E-state index in [2.05, 4.69) is 12.2 Å². The van der Waals surface area contributed by atoms with Crippen molar-refractivity contribution < 1.29 is 40.7 Å². The number of halogens is 6. The largest absolute Gasteiger partial charge is 0.431 e. The van der Waals surface area contributed by atoms with E-state index in [0.717, 1.165) is 12.2 Å². The first-order valence-electron chi connectivity index (χ1n) is 12.7. The molecule has 10 heteroatoms. The number of benzene rings is 1. The predicted molar refractivity (Wildman–Crippen MR) is 122 cm³/mol. The van der Waals surface area contributed by atoms with E-state index in [1.165, 1.54) is 0 Å². The average molecular weight is 530 g/mol. The third-order valence-corrected chi connectivity index (χ3v) is 9.69. The highest BCUT2D eigenvalue weighted by atomic mass is 19.4. The number of fused-ring (bicyclic) bond motifs is 5. The van der Waals surface area contributed by atoms with Crippen LogP contribution in [0.4, 0.5) is 32.0 Å². The summed E-state index contributed by atoms with van der Waals surface area (Å²) in [5.74, 6) is -0.145. The van der Waals surface area contributed by atoms with Crippen LogP contribution in [0, 0.1) is 34.5 Å². The number of carbonyl (C=O) groups is 2. The van der Waals surface area contributed by atoms with Crippen LogP contribution in [0.5, 0.6) is 0 Å². The fourth-order valence-corrected chi connectivity index (χ4v) is 7.79. The van der Waals surface area contributed by atoms with Crippen LogP contribution >= 0.6 is 0 Å². The first-order chi connectivity index (χ1) is 17.1. The van der Waals surface area contributed by atoms with Crippen LogP contribution in [0.3, 0.4) is 0 Å². The molecule has 5 rings (SSSR count). The molecule has 4 nitrogen and oxygen atoms in total. The zero-order chi connectivity index (χ0) is 27.0. The Morgan fingerprint density at radius 1 is 1.00 bits per heavy atom. The third-order valence-electron chi connectivity index (χ3n) is 9.69. The second-order valence-electron chi connectivity index (χ2n) is 11.5. The molecule has 4 unspecified atom stereocenters. The number of esters is 1. The van der Waals surface area contributed by atoms with E-state index in [1.54, 1.807) is 0 Å². The third kappa shape index (κ3) is 4.24. The summed E-state index contributed by atoms with van der Waals surface area (Å²) in [7, 11) is 0. The number of hydrogen-bond donors (Lipinski definition) is 1. The molecule has 1 aromatic rings. The summed E-state index contributed by atoms with van der Waals surface area (Å²) in [5.41, 5.74) is -4.17. The molecule has 3 aliphatic carbocycles. The highest BCUT2D eigenvalue weighted by Crippen LogP contribution is 2.66. The number of hydrogen-bond acceptors (Lipinski definition) is 3. The number of amides is 1. The Morgan fingerprint density at radius 2 is 1.73 bits per heavy atom. The molecule has 1 amide bonds. The summed E-state index contributed by atoms with van der Waals surface area (Å²) >= 11 is 0. The van der Waals surface area contributed by atoms with E-state index in [1.807, 2.05) is 13.0 Å². The van der Waals surface area contributed by atoms with Gasteiger partial charge < -0.3 is 10.1 Å². The van der Waals surface area contributed by atoms with Crippen LogP contribution in [0.1, 0.15) is 69.9 Å². The van der Waals surface area contributed by atoms with Crippen molar-refractivity contribution in [2.24, 2.45) is 34.5 Å². The summed E-state index contributed by atoms with van der Waals surface area (Å²) in [4.78, 5) is 25.2. The van der Waals surface area contributed by atoms with Gasteiger partial charge in [-0.3, -0.25) is 9.59 Å². The van der Waals surface area contributed by atoms with Gasteiger partial charge in [-0.05, 0) is 86.0 Å². The van der Waals surface area contributed by atoms with Crippen LogP contribution in [0.15, 0.2) is 30.0 Å². The fraction of sp³-hybridized carbons (Fsp3) is 0.630. The molecule has 1 N–H and O–H groups in total. The van der Waals surface area contributed by atoms with Gasteiger partial charge in [-0.2, -0.15) is 26.3 Å². The lowest BCUT2D eigenvalue weighted by Crippen LogP contribution is -2.51. The number of allylic oxidation sites excluding steroid dienone is 2. The summed E-state index contributed by atoms with van der Waals surface area (Å²) in [5, 5.41) is 2.23. The molecule has 1 heterocycles. The molecule has 1 saturated heterocycles. The minimum absolute atomic E-state index is 0.137. The van der Waals surface area contributed by atoms with E-state index in [9.17, 15) is 35.9 Å². The summed E-state index contributed by atoms with van der Waals surface area (Å²) in [6.07, 6.45) is -3.42. The Kier molecular flexibility index (Phi) is 5.99. The van der Waals surface area contributed by atoms with Crippen LogP contribution in [-0.4, -0.2) is 11.9 Å². The van der Waals surface area contributed by atoms with Gasteiger partial charge in [-0.1, -0.05) is 13.8 Å². The Bertz CT molecular complexity index is 1160. The smallest absolute Gasteiger partial charge is 0.418 e. The molecule has 202 valence electrons. The molecule has 0 aromatic heterocycles. The first kappa shape index (κ1) is 26.1. The Labute approximate surface area is 210 Å². The number of carbonyl (C=O) groups excluding carboxylic acids is 2. The van der Waals surface area contributed by atoms with Crippen molar-refractivity contribution in [1.29, 1.82) is 0 Å². The molecule has 1 aliphatic heterocycles. The van der Waals surface area contributed by atoms with E-state index in [0.29, 0.717) is 56.7 Å². The van der Waals surface area contributed by atoms with Gasteiger partial charge in [-0.15, -0.1) is 0 Å². The lowest BCUT2D eigenvalue weighted by atomic mass is 9.49. The standard InChI is InChI=1S/C27H29F6NO3/c1-24-11-9-17-15(4-8-21-25(17,2)12-10-22(35)37-21)16(24)6-7-19(24)23(36)34-20-13-14(26(28,29)30)3-5-18(20)27(31,32)33/h3,5,8,13,15-17,19H,4,6-7,9-12H2,1-2H3,(H,34,36)/t15?,16?,17?,19?,24-,25+/m0/s1. The molecule has 37 heavy (non-hydrogen) atoms. The van der Waals surface area contributed by atoms with E-state index in [-0.39, 0.29) is 29.1 Å². The zero-order valence-electron chi connectivity index (χ0n) is 20.6. The van der Waals surface area contributed by atoms with E-state index >= 15 is 0 Å². The highest BCUT2D eigenvalue weighted by Gasteiger charge is 2.60. The SMILES string of the molecule is C[C@]12CCC3C(CC=C4OC(=O)CC[C@@]43C)C1CCC2C(=O)Nc1cc(C(F)(F)F)ccc1C(F)(F)F. The second-order valence-corrected chi connectivity index (χ2v) is 11.5. The van der Waals surface area contributed by atoms with Gasteiger partial charge in [0.1, 0.15) is 5.76 Å². The number of anilines is 1. The van der Waals surface area contributed by atoms with Gasteiger partial charge in [0, 0.05) is 17.8 Å². The van der Waals surface area contributed by atoms with Gasteiger partial charge in [0.05, 0.1) is 16.8 Å². The molecule has 4 aliphatic rings. The maximum absolute atomic E-state index is 13.6. The fourth-order valence-electron chi connectivity index (χ4n) is 7.79. The van der Waals surface area contributed by atoms with Crippen molar-refractivity contribution >= 4 is 17.6 Å². The van der Waals surface area contributed by atoms with E-state index in [4.69, 9.17) is 4.74 Å². The number of ether oxygens (including phenoxy) is 1. The second kappa shape index (κ2) is 8.50.